The zero-order chi connectivity index (χ0) is 23.3. The summed E-state index contributed by atoms with van der Waals surface area (Å²) in [4.78, 5) is 9.40. The number of aromatic nitrogens is 6. The Bertz CT molecular complexity index is 1290. The molecule has 0 saturated carbocycles. The van der Waals surface area contributed by atoms with E-state index in [4.69, 9.17) is 4.98 Å². The maximum atomic E-state index is 13.0. The first-order valence-corrected chi connectivity index (χ1v) is 9.92. The van der Waals surface area contributed by atoms with Crippen molar-refractivity contribution in [3.8, 4) is 11.6 Å². The van der Waals surface area contributed by atoms with Crippen molar-refractivity contribution in [2.75, 3.05) is 0 Å². The average Bonchev–Trinajstić information content (AvgIpc) is 3.36. The Hall–Kier alpha value is -2.80. The van der Waals surface area contributed by atoms with E-state index in [2.05, 4.69) is 27.6 Å². The molecule has 0 amide bonds. The topological polar surface area (TPSA) is 61.4 Å². The number of halogens is 3. The Morgan fingerprint density at radius 3 is 1.64 bits per heavy atom. The van der Waals surface area contributed by atoms with E-state index in [1.807, 2.05) is 52.8 Å². The number of rotatable bonds is 4. The molecule has 0 atom stereocenters. The standard InChI is InChI=1S/C23H21F3N6.Pt/c1-14-10-18(27-20(12-14)31-8-6-16(3)29-31)22(4,5)19-11-15(2)13-21(28-19)32-9-7-17(30-32)23(24,25)26;/h6-7,10-13H,1-5H3;/q-2;+2. The monoisotopic (exact) mass is 633 g/mol. The van der Waals surface area contributed by atoms with Crippen molar-refractivity contribution in [1.29, 1.82) is 0 Å². The molecule has 0 saturated heterocycles. The number of hydrogen-bond donors (Lipinski definition) is 0. The molecule has 0 aromatic carbocycles. The largest absolute Gasteiger partial charge is 2.00 e. The minimum Gasteiger partial charge on any atom is -0.343 e. The summed E-state index contributed by atoms with van der Waals surface area (Å²) >= 11 is 0. The molecule has 0 unspecified atom stereocenters. The van der Waals surface area contributed by atoms with Crippen LogP contribution in [0.15, 0.2) is 36.4 Å². The molecule has 33 heavy (non-hydrogen) atoms. The molecule has 4 aromatic rings. The zero-order valence-electron chi connectivity index (χ0n) is 18.6. The summed E-state index contributed by atoms with van der Waals surface area (Å²) in [5.74, 6) is 0.886. The summed E-state index contributed by atoms with van der Waals surface area (Å²) in [7, 11) is 0. The second-order valence-electron chi connectivity index (χ2n) is 8.30. The normalized spacial score (nSPS) is 12.0. The molecule has 0 N–H and O–H groups in total. The Morgan fingerprint density at radius 1 is 0.727 bits per heavy atom. The Morgan fingerprint density at radius 2 is 1.21 bits per heavy atom. The fraction of sp³-hybridized carbons (Fsp3) is 0.304. The molecule has 0 aliphatic rings. The van der Waals surface area contributed by atoms with Crippen LogP contribution in [-0.2, 0) is 32.7 Å². The molecule has 0 radical (unpaired) electrons. The first-order valence-electron chi connectivity index (χ1n) is 9.92. The van der Waals surface area contributed by atoms with E-state index < -0.39 is 17.3 Å². The first-order chi connectivity index (χ1) is 14.9. The number of alkyl halides is 3. The van der Waals surface area contributed by atoms with E-state index in [-0.39, 0.29) is 26.9 Å². The predicted octanol–water partition coefficient (Wildman–Crippen LogP) is 4.72. The molecule has 0 bridgehead atoms. The molecular weight excluding hydrogens is 612 g/mol. The van der Waals surface area contributed by atoms with Crippen LogP contribution in [0.25, 0.3) is 11.6 Å². The van der Waals surface area contributed by atoms with Gasteiger partial charge in [0.2, 0.25) is 0 Å². The molecule has 4 rings (SSSR count). The van der Waals surface area contributed by atoms with Gasteiger partial charge in [0.05, 0.1) is 17.3 Å². The number of nitrogens with zero attached hydrogens (tertiary/aromatic N) is 6. The number of pyridine rings is 2. The van der Waals surface area contributed by atoms with Crippen LogP contribution in [0.4, 0.5) is 13.2 Å². The maximum absolute atomic E-state index is 13.0. The van der Waals surface area contributed by atoms with Crippen molar-refractivity contribution in [3.05, 3.63) is 82.7 Å². The van der Waals surface area contributed by atoms with Gasteiger partial charge in [0.25, 0.3) is 0 Å². The minimum absolute atomic E-state index is 0. The van der Waals surface area contributed by atoms with Crippen molar-refractivity contribution in [1.82, 2.24) is 29.5 Å². The third-order valence-corrected chi connectivity index (χ3v) is 5.10. The molecule has 10 heteroatoms. The quantitative estimate of drug-likeness (QED) is 0.306. The van der Waals surface area contributed by atoms with Crippen molar-refractivity contribution in [3.63, 3.8) is 0 Å². The van der Waals surface area contributed by atoms with Gasteiger partial charge in [-0.15, -0.1) is 12.1 Å². The van der Waals surface area contributed by atoms with Crippen LogP contribution in [0.3, 0.4) is 0 Å². The third kappa shape index (κ3) is 5.08. The smallest absolute Gasteiger partial charge is 0.343 e. The van der Waals surface area contributed by atoms with E-state index >= 15 is 0 Å². The number of aryl methyl sites for hydroxylation is 3. The van der Waals surface area contributed by atoms with Gasteiger partial charge in [-0.3, -0.25) is 20.2 Å². The molecule has 4 aromatic heterocycles. The van der Waals surface area contributed by atoms with Gasteiger partial charge in [0.1, 0.15) is 0 Å². The van der Waals surface area contributed by atoms with Gasteiger partial charge in [0, 0.05) is 16.8 Å². The van der Waals surface area contributed by atoms with Crippen molar-refractivity contribution >= 4 is 0 Å². The molecule has 0 spiro atoms. The SMILES string of the molecule is Cc1cc(-n2[c-]cc(C)n2)nc(C(C)(C)c2cc(C)cc(-n3[c-]cc(C(F)(F)F)n3)n2)c1.[Pt+2]. The number of hydrogen-bond acceptors (Lipinski definition) is 4. The third-order valence-electron chi connectivity index (χ3n) is 5.10. The second kappa shape index (κ2) is 8.86. The van der Waals surface area contributed by atoms with E-state index in [9.17, 15) is 13.2 Å². The fourth-order valence-electron chi connectivity index (χ4n) is 3.32. The van der Waals surface area contributed by atoms with E-state index in [1.165, 1.54) is 0 Å². The van der Waals surface area contributed by atoms with E-state index in [1.54, 1.807) is 16.8 Å². The van der Waals surface area contributed by atoms with Gasteiger partial charge >= 0.3 is 27.2 Å². The summed E-state index contributed by atoms with van der Waals surface area (Å²) in [5, 5.41) is 7.98. The van der Waals surface area contributed by atoms with Crippen molar-refractivity contribution in [2.24, 2.45) is 0 Å². The Balaban J connectivity index is 0.00000306. The summed E-state index contributed by atoms with van der Waals surface area (Å²) in [6.45, 7) is 9.64. The van der Waals surface area contributed by atoms with Crippen LogP contribution in [-0.4, -0.2) is 29.5 Å². The van der Waals surface area contributed by atoms with Gasteiger partial charge in [-0.05, 0) is 45.5 Å². The predicted molar refractivity (Wildman–Crippen MR) is 112 cm³/mol. The van der Waals surface area contributed by atoms with Crippen LogP contribution in [0.5, 0.6) is 0 Å². The van der Waals surface area contributed by atoms with Crippen molar-refractivity contribution in [2.45, 2.75) is 46.2 Å². The molecule has 174 valence electrons. The molecular formula is C23H21F3N6Pt. The second-order valence-corrected chi connectivity index (χ2v) is 8.30. The summed E-state index contributed by atoms with van der Waals surface area (Å²) in [6.07, 6.45) is 1.01. The van der Waals surface area contributed by atoms with Gasteiger partial charge in [-0.2, -0.15) is 13.2 Å². The van der Waals surface area contributed by atoms with Gasteiger partial charge in [0.15, 0.2) is 0 Å². The molecule has 4 heterocycles. The van der Waals surface area contributed by atoms with Crippen molar-refractivity contribution < 1.29 is 34.2 Å². The molecule has 0 fully saturated rings. The van der Waals surface area contributed by atoms with Gasteiger partial charge < -0.3 is 9.36 Å². The Kier molecular flexibility index (Phi) is 6.67. The molecule has 6 nitrogen and oxygen atoms in total. The Labute approximate surface area is 204 Å². The van der Waals surface area contributed by atoms with Crippen LogP contribution >= 0.6 is 0 Å². The summed E-state index contributed by atoms with van der Waals surface area (Å²) < 4.78 is 41.5. The van der Waals surface area contributed by atoms with Crippen LogP contribution in [0, 0.1) is 33.2 Å². The summed E-state index contributed by atoms with van der Waals surface area (Å²) in [5.41, 5.74) is 2.38. The van der Waals surface area contributed by atoms with Gasteiger partial charge in [-0.25, -0.2) is 0 Å². The van der Waals surface area contributed by atoms with Crippen LogP contribution in [0.1, 0.15) is 47.8 Å². The maximum Gasteiger partial charge on any atom is 2.00 e. The average molecular weight is 634 g/mol. The molecule has 0 aliphatic carbocycles. The van der Waals surface area contributed by atoms with Crippen LogP contribution in [0.2, 0.25) is 0 Å². The minimum atomic E-state index is -4.54. The summed E-state index contributed by atoms with van der Waals surface area (Å²) in [6, 6.07) is 10.0. The fourth-order valence-corrected chi connectivity index (χ4v) is 3.32. The van der Waals surface area contributed by atoms with E-state index in [0.29, 0.717) is 11.5 Å². The molecule has 0 aliphatic heterocycles. The van der Waals surface area contributed by atoms with Crippen LogP contribution < -0.4 is 0 Å². The van der Waals surface area contributed by atoms with Gasteiger partial charge in [-0.1, -0.05) is 42.6 Å². The zero-order valence-corrected chi connectivity index (χ0v) is 20.9. The first kappa shape index (κ1) is 24.8. The van der Waals surface area contributed by atoms with E-state index in [0.717, 1.165) is 33.3 Å².